The quantitative estimate of drug-likeness (QED) is 0.906. The molecular formula is C17H23NO3. The van der Waals surface area contributed by atoms with Gasteiger partial charge >= 0.3 is 5.97 Å². The van der Waals surface area contributed by atoms with Crippen LogP contribution in [0.25, 0.3) is 0 Å². The van der Waals surface area contributed by atoms with Crippen molar-refractivity contribution in [3.8, 4) is 0 Å². The van der Waals surface area contributed by atoms with Crippen LogP contribution < -0.4 is 0 Å². The molecule has 4 nitrogen and oxygen atoms in total. The average Bonchev–Trinajstić information content (AvgIpc) is 2.53. The molecular weight excluding hydrogens is 266 g/mol. The van der Waals surface area contributed by atoms with Crippen molar-refractivity contribution >= 4 is 11.9 Å². The van der Waals surface area contributed by atoms with E-state index in [4.69, 9.17) is 5.11 Å². The average molecular weight is 289 g/mol. The Hall–Kier alpha value is -1.84. The summed E-state index contributed by atoms with van der Waals surface area (Å²) in [7, 11) is 1.82. The van der Waals surface area contributed by atoms with Crippen LogP contribution in [-0.2, 0) is 16.0 Å². The fourth-order valence-corrected chi connectivity index (χ4v) is 3.00. The number of carbonyl (C=O) groups excluding carboxylic acids is 1. The summed E-state index contributed by atoms with van der Waals surface area (Å²) in [5.74, 6) is -1.15. The van der Waals surface area contributed by atoms with E-state index < -0.39 is 5.97 Å². The van der Waals surface area contributed by atoms with Crippen LogP contribution in [0.2, 0.25) is 0 Å². The van der Waals surface area contributed by atoms with E-state index in [-0.39, 0.29) is 17.7 Å². The van der Waals surface area contributed by atoms with E-state index in [0.717, 1.165) is 19.3 Å². The van der Waals surface area contributed by atoms with Gasteiger partial charge in [-0.2, -0.15) is 0 Å². The molecule has 1 saturated carbocycles. The Bertz CT molecular complexity index is 486. The van der Waals surface area contributed by atoms with Crippen molar-refractivity contribution in [2.45, 2.75) is 32.1 Å². The van der Waals surface area contributed by atoms with Crippen molar-refractivity contribution in [2.24, 2.45) is 11.8 Å². The first-order valence-corrected chi connectivity index (χ1v) is 7.59. The predicted molar refractivity (Wildman–Crippen MR) is 80.9 cm³/mol. The number of carboxylic acids is 1. The molecule has 2 unspecified atom stereocenters. The van der Waals surface area contributed by atoms with E-state index in [1.54, 1.807) is 4.90 Å². The number of benzene rings is 1. The number of hydrogen-bond donors (Lipinski definition) is 1. The van der Waals surface area contributed by atoms with Crippen molar-refractivity contribution in [3.05, 3.63) is 35.9 Å². The van der Waals surface area contributed by atoms with Gasteiger partial charge in [-0.1, -0.05) is 36.8 Å². The molecule has 2 atom stereocenters. The third-order valence-corrected chi connectivity index (χ3v) is 4.33. The molecule has 1 aliphatic carbocycles. The van der Waals surface area contributed by atoms with E-state index in [1.807, 2.05) is 25.2 Å². The maximum Gasteiger partial charge on any atom is 0.306 e. The van der Waals surface area contributed by atoms with Crippen LogP contribution in [0.4, 0.5) is 0 Å². The zero-order valence-electron chi connectivity index (χ0n) is 12.5. The second-order valence-corrected chi connectivity index (χ2v) is 5.89. The minimum Gasteiger partial charge on any atom is -0.481 e. The zero-order chi connectivity index (χ0) is 15.2. The maximum atomic E-state index is 12.4. The zero-order valence-corrected chi connectivity index (χ0v) is 12.5. The van der Waals surface area contributed by atoms with Crippen LogP contribution in [0, 0.1) is 11.8 Å². The number of amides is 1. The highest BCUT2D eigenvalue weighted by Crippen LogP contribution is 2.30. The van der Waals surface area contributed by atoms with E-state index in [2.05, 4.69) is 12.1 Å². The van der Waals surface area contributed by atoms with Gasteiger partial charge in [0.1, 0.15) is 0 Å². The van der Waals surface area contributed by atoms with E-state index in [9.17, 15) is 9.59 Å². The Balaban J connectivity index is 1.85. The summed E-state index contributed by atoms with van der Waals surface area (Å²) in [6, 6.07) is 10.1. The lowest BCUT2D eigenvalue weighted by Gasteiger charge is -2.29. The van der Waals surface area contributed by atoms with Crippen LogP contribution in [0.1, 0.15) is 31.2 Å². The molecule has 1 amide bonds. The Morgan fingerprint density at radius 1 is 1.19 bits per heavy atom. The summed E-state index contributed by atoms with van der Waals surface area (Å²) in [5, 5.41) is 9.10. The predicted octanol–water partition coefficient (Wildman–Crippen LogP) is 2.58. The highest BCUT2D eigenvalue weighted by atomic mass is 16.4. The molecule has 4 heteroatoms. The fourth-order valence-electron chi connectivity index (χ4n) is 3.00. The Morgan fingerprint density at radius 3 is 2.52 bits per heavy atom. The van der Waals surface area contributed by atoms with Crippen LogP contribution in [0.3, 0.4) is 0 Å². The lowest BCUT2D eigenvalue weighted by molar-refractivity contribution is -0.145. The third-order valence-electron chi connectivity index (χ3n) is 4.33. The van der Waals surface area contributed by atoms with Gasteiger partial charge in [0.15, 0.2) is 0 Å². The minimum atomic E-state index is -0.764. The molecule has 21 heavy (non-hydrogen) atoms. The number of carboxylic acid groups (broad SMARTS) is 1. The molecule has 0 heterocycles. The summed E-state index contributed by atoms with van der Waals surface area (Å²) < 4.78 is 0. The van der Waals surface area contributed by atoms with Crippen LogP contribution in [-0.4, -0.2) is 35.5 Å². The first kappa shape index (κ1) is 15.5. The number of likely N-dealkylation sites (N-methyl/N-ethyl adjacent to an activating group) is 1. The molecule has 1 N–H and O–H groups in total. The molecule has 0 spiro atoms. The molecule has 0 radical (unpaired) electrons. The Labute approximate surface area is 125 Å². The largest absolute Gasteiger partial charge is 0.481 e. The highest BCUT2D eigenvalue weighted by Gasteiger charge is 2.32. The summed E-state index contributed by atoms with van der Waals surface area (Å²) >= 11 is 0. The Kier molecular flexibility index (Phi) is 5.37. The van der Waals surface area contributed by atoms with E-state index in [0.29, 0.717) is 19.4 Å². The van der Waals surface area contributed by atoms with Gasteiger partial charge in [-0.05, 0) is 31.2 Å². The number of nitrogens with zero attached hydrogens (tertiary/aromatic N) is 1. The summed E-state index contributed by atoms with van der Waals surface area (Å²) in [6.07, 6.45) is 3.67. The topological polar surface area (TPSA) is 57.6 Å². The Morgan fingerprint density at radius 2 is 1.86 bits per heavy atom. The molecule has 1 aromatic carbocycles. The molecule has 1 aliphatic rings. The standard InChI is InChI=1S/C17H23NO3/c1-18(11-10-13-6-3-2-4-7-13)16(19)14-8-5-9-15(12-14)17(20)21/h2-4,6-7,14-15H,5,8-12H2,1H3,(H,20,21). The van der Waals surface area contributed by atoms with Gasteiger partial charge in [0, 0.05) is 19.5 Å². The van der Waals surface area contributed by atoms with Crippen LogP contribution in [0.5, 0.6) is 0 Å². The monoisotopic (exact) mass is 289 g/mol. The molecule has 0 aliphatic heterocycles. The van der Waals surface area contributed by atoms with Gasteiger partial charge in [-0.15, -0.1) is 0 Å². The molecule has 1 fully saturated rings. The van der Waals surface area contributed by atoms with E-state index in [1.165, 1.54) is 5.56 Å². The number of carbonyl (C=O) groups is 2. The number of rotatable bonds is 5. The number of aliphatic carboxylic acids is 1. The first-order valence-electron chi connectivity index (χ1n) is 7.59. The third kappa shape index (κ3) is 4.31. The maximum absolute atomic E-state index is 12.4. The van der Waals surface area contributed by atoms with Gasteiger partial charge in [-0.3, -0.25) is 9.59 Å². The van der Waals surface area contributed by atoms with Crippen molar-refractivity contribution < 1.29 is 14.7 Å². The van der Waals surface area contributed by atoms with Gasteiger partial charge in [0.2, 0.25) is 5.91 Å². The normalized spacial score (nSPS) is 21.8. The first-order chi connectivity index (χ1) is 10.1. The highest BCUT2D eigenvalue weighted by molar-refractivity contribution is 5.80. The van der Waals surface area contributed by atoms with Crippen LogP contribution >= 0.6 is 0 Å². The molecule has 0 saturated heterocycles. The molecule has 114 valence electrons. The molecule has 0 bridgehead atoms. The SMILES string of the molecule is CN(CCc1ccccc1)C(=O)C1CCCC(C(=O)O)C1. The molecule has 2 rings (SSSR count). The number of hydrogen-bond acceptors (Lipinski definition) is 2. The summed E-state index contributed by atoms with van der Waals surface area (Å²) in [4.78, 5) is 25.3. The lowest BCUT2D eigenvalue weighted by Crippen LogP contribution is -2.37. The minimum absolute atomic E-state index is 0.0943. The molecule has 0 aromatic heterocycles. The summed E-state index contributed by atoms with van der Waals surface area (Å²) in [5.41, 5.74) is 1.21. The van der Waals surface area contributed by atoms with Gasteiger partial charge in [0.25, 0.3) is 0 Å². The second kappa shape index (κ2) is 7.25. The van der Waals surface area contributed by atoms with Gasteiger partial charge in [0.05, 0.1) is 5.92 Å². The smallest absolute Gasteiger partial charge is 0.306 e. The molecule has 1 aromatic rings. The van der Waals surface area contributed by atoms with Crippen molar-refractivity contribution in [2.75, 3.05) is 13.6 Å². The van der Waals surface area contributed by atoms with Crippen molar-refractivity contribution in [1.29, 1.82) is 0 Å². The van der Waals surface area contributed by atoms with Crippen molar-refractivity contribution in [1.82, 2.24) is 4.90 Å². The second-order valence-electron chi connectivity index (χ2n) is 5.89. The van der Waals surface area contributed by atoms with Gasteiger partial charge < -0.3 is 10.0 Å². The lowest BCUT2D eigenvalue weighted by atomic mass is 9.81. The van der Waals surface area contributed by atoms with Crippen molar-refractivity contribution in [3.63, 3.8) is 0 Å². The fraction of sp³-hybridized carbons (Fsp3) is 0.529. The van der Waals surface area contributed by atoms with E-state index >= 15 is 0 Å². The summed E-state index contributed by atoms with van der Waals surface area (Å²) in [6.45, 7) is 0.678. The van der Waals surface area contributed by atoms with Gasteiger partial charge in [-0.25, -0.2) is 0 Å². The van der Waals surface area contributed by atoms with Crippen LogP contribution in [0.15, 0.2) is 30.3 Å².